The molecule has 150 valence electrons. The molecule has 0 radical (unpaired) electrons. The lowest BCUT2D eigenvalue weighted by Crippen LogP contribution is -2.48. The van der Waals surface area contributed by atoms with Crippen molar-refractivity contribution in [1.82, 2.24) is 9.21 Å². The van der Waals surface area contributed by atoms with Crippen LogP contribution >= 0.6 is 23.2 Å². The summed E-state index contributed by atoms with van der Waals surface area (Å²) in [6.45, 7) is 4.18. The monoisotopic (exact) mass is 441 g/mol. The van der Waals surface area contributed by atoms with Gasteiger partial charge in [0.25, 0.3) is 0 Å². The molecule has 1 N–H and O–H groups in total. The number of nitrogens with one attached hydrogen (secondary N) is 1. The minimum atomic E-state index is -3.56. The maximum absolute atomic E-state index is 12.9. The number of anilines is 1. The number of amides is 1. The Balaban J connectivity index is 1.61. The molecule has 6 nitrogen and oxygen atoms in total. The molecule has 1 fully saturated rings. The van der Waals surface area contributed by atoms with Crippen LogP contribution in [-0.4, -0.2) is 49.7 Å². The molecule has 1 aliphatic rings. The van der Waals surface area contributed by atoms with Crippen molar-refractivity contribution in [3.05, 3.63) is 58.1 Å². The molecular weight excluding hydrogens is 421 g/mol. The van der Waals surface area contributed by atoms with Crippen molar-refractivity contribution in [3.8, 4) is 0 Å². The summed E-state index contributed by atoms with van der Waals surface area (Å²) in [5.74, 6) is -0.200. The Bertz CT molecular complexity index is 957. The van der Waals surface area contributed by atoms with Crippen LogP contribution in [0.1, 0.15) is 12.5 Å². The van der Waals surface area contributed by atoms with E-state index in [9.17, 15) is 13.2 Å². The van der Waals surface area contributed by atoms with Crippen LogP contribution < -0.4 is 5.32 Å². The van der Waals surface area contributed by atoms with Gasteiger partial charge in [-0.2, -0.15) is 4.31 Å². The summed E-state index contributed by atoms with van der Waals surface area (Å²) in [5.41, 5.74) is 1.61. The summed E-state index contributed by atoms with van der Waals surface area (Å²) in [5, 5.41) is 3.66. The lowest BCUT2D eigenvalue weighted by atomic mass is 10.2. The van der Waals surface area contributed by atoms with Gasteiger partial charge < -0.3 is 5.32 Å². The van der Waals surface area contributed by atoms with Crippen molar-refractivity contribution >= 4 is 44.8 Å². The zero-order chi connectivity index (χ0) is 20.3. The van der Waals surface area contributed by atoms with E-state index < -0.39 is 10.0 Å². The topological polar surface area (TPSA) is 69.7 Å². The lowest BCUT2D eigenvalue weighted by molar-refractivity contribution is -0.114. The van der Waals surface area contributed by atoms with E-state index in [4.69, 9.17) is 23.2 Å². The zero-order valence-electron chi connectivity index (χ0n) is 15.4. The van der Waals surface area contributed by atoms with Gasteiger partial charge in [0.15, 0.2) is 0 Å². The molecule has 0 saturated carbocycles. The summed E-state index contributed by atoms with van der Waals surface area (Å²) in [6, 6.07) is 11.7. The van der Waals surface area contributed by atoms with Crippen LogP contribution in [0.5, 0.6) is 0 Å². The molecule has 0 aliphatic carbocycles. The van der Waals surface area contributed by atoms with Gasteiger partial charge >= 0.3 is 0 Å². The first-order valence-corrected chi connectivity index (χ1v) is 11.0. The number of carbonyl (C=O) groups is 1. The smallest absolute Gasteiger partial charge is 0.243 e. The van der Waals surface area contributed by atoms with Crippen molar-refractivity contribution in [3.63, 3.8) is 0 Å². The fraction of sp³-hybridized carbons (Fsp3) is 0.316. The maximum atomic E-state index is 12.9. The van der Waals surface area contributed by atoms with E-state index in [0.717, 1.165) is 5.56 Å². The first-order chi connectivity index (χ1) is 13.3. The molecular formula is C19H21Cl2N3O3S. The first kappa shape index (κ1) is 21.1. The van der Waals surface area contributed by atoms with Crippen molar-refractivity contribution < 1.29 is 13.2 Å². The summed E-state index contributed by atoms with van der Waals surface area (Å²) < 4.78 is 27.2. The molecule has 1 saturated heterocycles. The third kappa shape index (κ3) is 5.04. The average Bonchev–Trinajstić information content (AvgIpc) is 2.65. The minimum absolute atomic E-state index is 0.200. The first-order valence-electron chi connectivity index (χ1n) is 8.80. The normalized spacial score (nSPS) is 16.1. The second-order valence-electron chi connectivity index (χ2n) is 6.63. The Kier molecular flexibility index (Phi) is 6.62. The number of benzene rings is 2. The van der Waals surface area contributed by atoms with E-state index in [1.807, 2.05) is 12.1 Å². The van der Waals surface area contributed by atoms with Crippen LogP contribution in [0.4, 0.5) is 5.69 Å². The highest BCUT2D eigenvalue weighted by Crippen LogP contribution is 2.24. The van der Waals surface area contributed by atoms with Crippen molar-refractivity contribution in [1.29, 1.82) is 0 Å². The standard InChI is InChI=1S/C19H21Cl2N3O3S/c1-14(25)22-16-3-5-17(6-4-16)28(26,27)24-10-8-23(9-11-24)13-15-2-7-18(20)19(21)12-15/h2-7,12H,8-11,13H2,1H3,(H,22,25). The van der Waals surface area contributed by atoms with Crippen LogP contribution in [-0.2, 0) is 21.4 Å². The third-order valence-corrected chi connectivity index (χ3v) is 7.19. The van der Waals surface area contributed by atoms with E-state index >= 15 is 0 Å². The van der Waals surface area contributed by atoms with Crippen molar-refractivity contribution in [2.45, 2.75) is 18.4 Å². The van der Waals surface area contributed by atoms with Gasteiger partial charge in [0.2, 0.25) is 15.9 Å². The third-order valence-electron chi connectivity index (χ3n) is 4.53. The highest BCUT2D eigenvalue weighted by molar-refractivity contribution is 7.89. The molecule has 1 amide bonds. The molecule has 0 unspecified atom stereocenters. The zero-order valence-corrected chi connectivity index (χ0v) is 17.7. The fourth-order valence-corrected chi connectivity index (χ4v) is 4.83. The van der Waals surface area contributed by atoms with Gasteiger partial charge in [-0.05, 0) is 42.0 Å². The number of nitrogens with zero attached hydrogens (tertiary/aromatic N) is 2. The SMILES string of the molecule is CC(=O)Nc1ccc(S(=O)(=O)N2CCN(Cc3ccc(Cl)c(Cl)c3)CC2)cc1. The number of piperazine rings is 1. The van der Waals surface area contributed by atoms with Gasteiger partial charge in [-0.3, -0.25) is 9.69 Å². The van der Waals surface area contributed by atoms with E-state index in [1.54, 1.807) is 18.2 Å². The Hall–Kier alpha value is -1.64. The number of hydrogen-bond donors (Lipinski definition) is 1. The molecule has 2 aromatic carbocycles. The molecule has 28 heavy (non-hydrogen) atoms. The second kappa shape index (κ2) is 8.80. The average molecular weight is 442 g/mol. The predicted octanol–water partition coefficient (Wildman–Crippen LogP) is 3.46. The summed E-state index contributed by atoms with van der Waals surface area (Å²) >= 11 is 12.0. The highest BCUT2D eigenvalue weighted by Gasteiger charge is 2.28. The lowest BCUT2D eigenvalue weighted by Gasteiger charge is -2.34. The van der Waals surface area contributed by atoms with Crippen LogP contribution in [0.2, 0.25) is 10.0 Å². The molecule has 0 aromatic heterocycles. The minimum Gasteiger partial charge on any atom is -0.326 e. The van der Waals surface area contributed by atoms with E-state index in [0.29, 0.717) is 48.5 Å². The molecule has 0 atom stereocenters. The number of hydrogen-bond acceptors (Lipinski definition) is 4. The van der Waals surface area contributed by atoms with E-state index in [1.165, 1.54) is 23.4 Å². The number of halogens is 2. The van der Waals surface area contributed by atoms with Gasteiger partial charge in [-0.25, -0.2) is 8.42 Å². The van der Waals surface area contributed by atoms with E-state index in [2.05, 4.69) is 10.2 Å². The Morgan fingerprint density at radius 3 is 2.21 bits per heavy atom. The fourth-order valence-electron chi connectivity index (χ4n) is 3.09. The summed E-state index contributed by atoms with van der Waals surface area (Å²) in [7, 11) is -3.56. The van der Waals surface area contributed by atoms with Crippen LogP contribution in [0.3, 0.4) is 0 Å². The van der Waals surface area contributed by atoms with Gasteiger partial charge in [0.05, 0.1) is 14.9 Å². The highest BCUT2D eigenvalue weighted by atomic mass is 35.5. The quantitative estimate of drug-likeness (QED) is 0.770. The molecule has 1 aliphatic heterocycles. The van der Waals surface area contributed by atoms with Crippen molar-refractivity contribution in [2.24, 2.45) is 0 Å². The van der Waals surface area contributed by atoms with Crippen LogP contribution in [0.15, 0.2) is 47.4 Å². The Morgan fingerprint density at radius 1 is 1.00 bits per heavy atom. The number of carbonyl (C=O) groups excluding carboxylic acids is 1. The van der Waals surface area contributed by atoms with Crippen molar-refractivity contribution in [2.75, 3.05) is 31.5 Å². The molecule has 1 heterocycles. The number of sulfonamides is 1. The predicted molar refractivity (Wildman–Crippen MR) is 111 cm³/mol. The molecule has 9 heteroatoms. The van der Waals surface area contributed by atoms with Gasteiger partial charge in [0.1, 0.15) is 0 Å². The van der Waals surface area contributed by atoms with Gasteiger partial charge in [0, 0.05) is 45.3 Å². The summed E-state index contributed by atoms with van der Waals surface area (Å²) in [6.07, 6.45) is 0. The van der Waals surface area contributed by atoms with Gasteiger partial charge in [-0.15, -0.1) is 0 Å². The summed E-state index contributed by atoms with van der Waals surface area (Å²) in [4.78, 5) is 13.5. The molecule has 3 rings (SSSR count). The molecule has 2 aromatic rings. The molecule has 0 bridgehead atoms. The van der Waals surface area contributed by atoms with Gasteiger partial charge in [-0.1, -0.05) is 29.3 Å². The van der Waals surface area contributed by atoms with Crippen LogP contribution in [0.25, 0.3) is 0 Å². The second-order valence-corrected chi connectivity index (χ2v) is 9.39. The largest absolute Gasteiger partial charge is 0.326 e. The number of rotatable bonds is 5. The Labute approximate surface area is 175 Å². The molecule has 0 spiro atoms. The van der Waals surface area contributed by atoms with E-state index in [-0.39, 0.29) is 10.8 Å². The Morgan fingerprint density at radius 2 is 1.64 bits per heavy atom. The van der Waals surface area contributed by atoms with Crippen LogP contribution in [0, 0.1) is 0 Å². The maximum Gasteiger partial charge on any atom is 0.243 e.